The Morgan fingerprint density at radius 3 is 2.64 bits per heavy atom. The lowest BCUT2D eigenvalue weighted by molar-refractivity contribution is -0.176. The van der Waals surface area contributed by atoms with Crippen molar-refractivity contribution in [2.75, 3.05) is 32.8 Å². The molecular weight excluding hydrogens is 464 g/mol. The number of nitrogens with zero attached hydrogens (tertiary/aromatic N) is 1. The first kappa shape index (κ1) is 25.4. The molecule has 2 atom stereocenters. The van der Waals surface area contributed by atoms with Gasteiger partial charge in [0.2, 0.25) is 0 Å². The summed E-state index contributed by atoms with van der Waals surface area (Å²) in [5.41, 5.74) is 1.14. The van der Waals surface area contributed by atoms with E-state index in [1.54, 1.807) is 6.07 Å². The van der Waals surface area contributed by atoms with Crippen molar-refractivity contribution in [1.29, 1.82) is 0 Å². The van der Waals surface area contributed by atoms with Crippen LogP contribution in [0.3, 0.4) is 0 Å². The predicted molar refractivity (Wildman–Crippen MR) is 116 cm³/mol. The van der Waals surface area contributed by atoms with Gasteiger partial charge in [-0.1, -0.05) is 29.8 Å². The van der Waals surface area contributed by atoms with Crippen LogP contribution in [0.2, 0.25) is 5.02 Å². The summed E-state index contributed by atoms with van der Waals surface area (Å²) in [6, 6.07) is 10.0. The first-order valence-electron chi connectivity index (χ1n) is 10.4. The number of carbonyl (C=O) groups is 1. The standard InChI is InChI=1S/C23H25ClF4N2O3/c1-15-12-30(9-10-33-15)20(21-18(24)3-2-4-19(21)25)11-29-22(31)17-7-5-16(6-8-17)13-32-14-23(26,27)28/h2-8,15,20H,9-14H2,1H3,(H,29,31)/t15-,20-/m1/s1. The van der Waals surface area contributed by atoms with Gasteiger partial charge in [-0.05, 0) is 36.8 Å². The van der Waals surface area contributed by atoms with E-state index in [-0.39, 0.29) is 24.3 Å². The number of morpholine rings is 1. The number of ether oxygens (including phenoxy) is 2. The SMILES string of the molecule is C[C@@H]1CN([C@H](CNC(=O)c2ccc(COCC(F)(F)F)cc2)c2c(F)cccc2Cl)CCO1. The van der Waals surface area contributed by atoms with Crippen molar-refractivity contribution < 1.29 is 31.8 Å². The molecule has 0 aromatic heterocycles. The highest BCUT2D eigenvalue weighted by Crippen LogP contribution is 2.31. The molecule has 10 heteroatoms. The molecule has 2 aromatic carbocycles. The molecule has 1 N–H and O–H groups in total. The van der Waals surface area contributed by atoms with Gasteiger partial charge in [-0.15, -0.1) is 0 Å². The van der Waals surface area contributed by atoms with Crippen LogP contribution in [-0.4, -0.2) is 55.9 Å². The van der Waals surface area contributed by atoms with Gasteiger partial charge in [0.25, 0.3) is 5.91 Å². The number of hydrogen-bond donors (Lipinski definition) is 1. The molecule has 1 heterocycles. The maximum atomic E-state index is 14.7. The Bertz CT molecular complexity index is 920. The zero-order chi connectivity index (χ0) is 24.0. The number of alkyl halides is 3. The molecule has 1 aliphatic rings. The van der Waals surface area contributed by atoms with E-state index < -0.39 is 30.5 Å². The van der Waals surface area contributed by atoms with Crippen molar-refractivity contribution in [3.8, 4) is 0 Å². The summed E-state index contributed by atoms with van der Waals surface area (Å²) in [5.74, 6) is -0.847. The molecule has 5 nitrogen and oxygen atoms in total. The van der Waals surface area contributed by atoms with Gasteiger partial charge >= 0.3 is 6.18 Å². The topological polar surface area (TPSA) is 50.8 Å². The Labute approximate surface area is 194 Å². The lowest BCUT2D eigenvalue weighted by Gasteiger charge is -2.38. The fourth-order valence-corrected chi connectivity index (χ4v) is 3.99. The summed E-state index contributed by atoms with van der Waals surface area (Å²) < 4.78 is 61.4. The minimum absolute atomic E-state index is 0.0467. The average Bonchev–Trinajstić information content (AvgIpc) is 2.75. The number of carbonyl (C=O) groups excluding carboxylic acids is 1. The molecule has 1 saturated heterocycles. The van der Waals surface area contributed by atoms with Gasteiger partial charge in [0, 0.05) is 35.8 Å². The first-order valence-corrected chi connectivity index (χ1v) is 10.8. The van der Waals surface area contributed by atoms with Crippen molar-refractivity contribution in [3.05, 3.63) is 70.0 Å². The molecule has 3 rings (SSSR count). The van der Waals surface area contributed by atoms with Crippen LogP contribution in [0.1, 0.15) is 34.5 Å². The molecule has 1 amide bonds. The monoisotopic (exact) mass is 488 g/mol. The smallest absolute Gasteiger partial charge is 0.376 e. The lowest BCUT2D eigenvalue weighted by Crippen LogP contribution is -2.47. The van der Waals surface area contributed by atoms with Gasteiger partial charge in [0.1, 0.15) is 12.4 Å². The number of amides is 1. The van der Waals surface area contributed by atoms with E-state index in [2.05, 4.69) is 10.1 Å². The summed E-state index contributed by atoms with van der Waals surface area (Å²) in [7, 11) is 0. The zero-order valence-corrected chi connectivity index (χ0v) is 18.8. The van der Waals surface area contributed by atoms with Crippen molar-refractivity contribution in [1.82, 2.24) is 10.2 Å². The highest BCUT2D eigenvalue weighted by molar-refractivity contribution is 6.31. The molecule has 0 radical (unpaired) electrons. The minimum Gasteiger partial charge on any atom is -0.376 e. The highest BCUT2D eigenvalue weighted by Gasteiger charge is 2.30. The fourth-order valence-electron chi connectivity index (χ4n) is 3.70. The quantitative estimate of drug-likeness (QED) is 0.545. The van der Waals surface area contributed by atoms with Gasteiger partial charge in [0.15, 0.2) is 0 Å². The van der Waals surface area contributed by atoms with Crippen LogP contribution in [0.25, 0.3) is 0 Å². The maximum Gasteiger partial charge on any atom is 0.411 e. The second-order valence-electron chi connectivity index (χ2n) is 7.84. The van der Waals surface area contributed by atoms with E-state index in [4.69, 9.17) is 16.3 Å². The van der Waals surface area contributed by atoms with E-state index in [0.717, 1.165) is 0 Å². The number of hydrogen-bond acceptors (Lipinski definition) is 4. The van der Waals surface area contributed by atoms with Crippen molar-refractivity contribution in [3.63, 3.8) is 0 Å². The molecule has 33 heavy (non-hydrogen) atoms. The molecule has 1 aliphatic heterocycles. The van der Waals surface area contributed by atoms with Crippen LogP contribution in [0.5, 0.6) is 0 Å². The van der Waals surface area contributed by atoms with E-state index in [1.807, 2.05) is 11.8 Å². The van der Waals surface area contributed by atoms with Crippen LogP contribution < -0.4 is 5.32 Å². The molecule has 180 valence electrons. The van der Waals surface area contributed by atoms with Crippen molar-refractivity contribution in [2.24, 2.45) is 0 Å². The molecular formula is C23H25ClF4N2O3. The summed E-state index contributed by atoms with van der Waals surface area (Å²) in [4.78, 5) is 14.7. The predicted octanol–water partition coefficient (Wildman–Crippen LogP) is 4.75. The molecule has 0 saturated carbocycles. The van der Waals surface area contributed by atoms with Crippen LogP contribution in [0.15, 0.2) is 42.5 Å². The van der Waals surface area contributed by atoms with Crippen molar-refractivity contribution in [2.45, 2.75) is 31.9 Å². The normalized spacial score (nSPS) is 18.2. The molecule has 1 fully saturated rings. The second kappa shape index (κ2) is 11.3. The summed E-state index contributed by atoms with van der Waals surface area (Å²) in [5, 5.41) is 3.09. The third-order valence-corrected chi connectivity index (χ3v) is 5.58. The molecule has 0 spiro atoms. The second-order valence-corrected chi connectivity index (χ2v) is 8.25. The Kier molecular flexibility index (Phi) is 8.69. The average molecular weight is 489 g/mol. The van der Waals surface area contributed by atoms with Gasteiger partial charge in [-0.2, -0.15) is 13.2 Å². The number of benzene rings is 2. The summed E-state index contributed by atoms with van der Waals surface area (Å²) in [6.45, 7) is 2.07. The largest absolute Gasteiger partial charge is 0.411 e. The molecule has 2 aromatic rings. The van der Waals surface area contributed by atoms with E-state index >= 15 is 0 Å². The molecule has 0 unspecified atom stereocenters. The minimum atomic E-state index is -4.39. The zero-order valence-electron chi connectivity index (χ0n) is 18.0. The maximum absolute atomic E-state index is 14.7. The van der Waals surface area contributed by atoms with Crippen LogP contribution in [0, 0.1) is 5.82 Å². The summed E-state index contributed by atoms with van der Waals surface area (Å²) in [6.07, 6.45) is -4.44. The van der Waals surface area contributed by atoms with Gasteiger partial charge < -0.3 is 14.8 Å². The Morgan fingerprint density at radius 1 is 1.27 bits per heavy atom. The van der Waals surface area contributed by atoms with Crippen LogP contribution >= 0.6 is 11.6 Å². The van der Waals surface area contributed by atoms with Crippen LogP contribution in [0.4, 0.5) is 17.6 Å². The Morgan fingerprint density at radius 2 is 2.00 bits per heavy atom. The van der Waals surface area contributed by atoms with Crippen LogP contribution in [-0.2, 0) is 16.1 Å². The Balaban J connectivity index is 1.67. The molecule has 0 bridgehead atoms. The number of nitrogens with one attached hydrogen (secondary N) is 1. The van der Waals surface area contributed by atoms with Gasteiger partial charge in [-0.25, -0.2) is 4.39 Å². The fraction of sp³-hybridized carbons (Fsp3) is 0.435. The summed E-state index contributed by atoms with van der Waals surface area (Å²) >= 11 is 6.31. The van der Waals surface area contributed by atoms with Crippen molar-refractivity contribution >= 4 is 17.5 Å². The third-order valence-electron chi connectivity index (χ3n) is 5.25. The Hall–Kier alpha value is -2.20. The highest BCUT2D eigenvalue weighted by atomic mass is 35.5. The third kappa shape index (κ3) is 7.40. The lowest BCUT2D eigenvalue weighted by atomic mass is 10.0. The number of halogens is 5. The first-order chi connectivity index (χ1) is 15.6. The molecule has 0 aliphatic carbocycles. The van der Waals surface area contributed by atoms with E-state index in [0.29, 0.717) is 36.4 Å². The van der Waals surface area contributed by atoms with Gasteiger partial charge in [-0.3, -0.25) is 9.69 Å². The van der Waals surface area contributed by atoms with E-state index in [1.165, 1.54) is 36.4 Å². The van der Waals surface area contributed by atoms with Gasteiger partial charge in [0.05, 0.1) is 25.4 Å². The van der Waals surface area contributed by atoms with E-state index in [9.17, 15) is 22.4 Å². The number of rotatable bonds is 8.